The van der Waals surface area contributed by atoms with E-state index < -0.39 is 0 Å². The van der Waals surface area contributed by atoms with Gasteiger partial charge in [0.05, 0.1) is 0 Å². The standard InChI is InChI=1S/C13H16FNOS/c14-12-3-1-11(2-4-12)13(16)5-6-15-7-9-17-10-8-15/h1-4H,5-10H2. The summed E-state index contributed by atoms with van der Waals surface area (Å²) in [6.07, 6.45) is 0.524. The molecule has 1 aromatic rings. The Morgan fingerprint density at radius 3 is 2.53 bits per heavy atom. The molecule has 2 nitrogen and oxygen atoms in total. The number of Topliss-reactive ketones (excluding diaryl/α,β-unsaturated/α-hetero) is 1. The summed E-state index contributed by atoms with van der Waals surface area (Å²) in [6, 6.07) is 5.79. The number of hydrogen-bond acceptors (Lipinski definition) is 3. The predicted molar refractivity (Wildman–Crippen MR) is 69.1 cm³/mol. The fourth-order valence-electron chi connectivity index (χ4n) is 1.86. The van der Waals surface area contributed by atoms with Crippen molar-refractivity contribution in [2.45, 2.75) is 6.42 Å². The summed E-state index contributed by atoms with van der Waals surface area (Å²) in [6.45, 7) is 2.96. The average Bonchev–Trinajstić information content (AvgIpc) is 2.38. The van der Waals surface area contributed by atoms with Gasteiger partial charge in [-0.3, -0.25) is 4.79 Å². The Morgan fingerprint density at radius 2 is 1.88 bits per heavy atom. The topological polar surface area (TPSA) is 20.3 Å². The molecular formula is C13H16FNOS. The molecular weight excluding hydrogens is 237 g/mol. The van der Waals surface area contributed by atoms with Crippen molar-refractivity contribution in [1.82, 2.24) is 4.90 Å². The first-order chi connectivity index (χ1) is 8.25. The largest absolute Gasteiger partial charge is 0.301 e. The molecule has 0 amide bonds. The molecule has 1 aromatic carbocycles. The first-order valence-corrected chi connectivity index (χ1v) is 7.00. The minimum atomic E-state index is -0.297. The summed E-state index contributed by atoms with van der Waals surface area (Å²) in [5.74, 6) is 2.12. The van der Waals surface area contributed by atoms with Crippen molar-refractivity contribution in [2.24, 2.45) is 0 Å². The lowest BCUT2D eigenvalue weighted by molar-refractivity contribution is 0.0966. The lowest BCUT2D eigenvalue weighted by Gasteiger charge is -2.25. The van der Waals surface area contributed by atoms with E-state index in [1.165, 1.54) is 12.1 Å². The summed E-state index contributed by atoms with van der Waals surface area (Å²) in [5.41, 5.74) is 0.609. The van der Waals surface area contributed by atoms with Crippen molar-refractivity contribution < 1.29 is 9.18 Å². The van der Waals surface area contributed by atoms with Crippen LogP contribution in [0.4, 0.5) is 4.39 Å². The number of nitrogens with zero attached hydrogens (tertiary/aromatic N) is 1. The lowest BCUT2D eigenvalue weighted by atomic mass is 10.1. The van der Waals surface area contributed by atoms with Crippen molar-refractivity contribution in [2.75, 3.05) is 31.1 Å². The Bertz CT molecular complexity index is 374. The zero-order valence-electron chi connectivity index (χ0n) is 9.69. The second-order valence-corrected chi connectivity index (χ2v) is 5.36. The number of carbonyl (C=O) groups excluding carboxylic acids is 1. The third-order valence-corrected chi connectivity index (χ3v) is 3.87. The Labute approximate surface area is 105 Å². The summed E-state index contributed by atoms with van der Waals surface area (Å²) in [5, 5.41) is 0. The molecule has 1 fully saturated rings. The zero-order valence-corrected chi connectivity index (χ0v) is 10.5. The van der Waals surface area contributed by atoms with Gasteiger partial charge < -0.3 is 4.90 Å². The Balaban J connectivity index is 1.82. The fourth-order valence-corrected chi connectivity index (χ4v) is 2.84. The van der Waals surface area contributed by atoms with Gasteiger partial charge in [-0.05, 0) is 24.3 Å². The Morgan fingerprint density at radius 1 is 1.24 bits per heavy atom. The number of halogens is 1. The molecule has 0 unspecified atom stereocenters. The van der Waals surface area contributed by atoms with E-state index in [0.29, 0.717) is 12.0 Å². The third kappa shape index (κ3) is 3.82. The molecule has 0 atom stereocenters. The maximum atomic E-state index is 12.7. The molecule has 1 aliphatic heterocycles. The molecule has 1 aliphatic rings. The van der Waals surface area contributed by atoms with Crippen LogP contribution in [0.2, 0.25) is 0 Å². The molecule has 1 heterocycles. The quantitative estimate of drug-likeness (QED) is 0.769. The molecule has 4 heteroatoms. The number of ketones is 1. The molecule has 92 valence electrons. The molecule has 0 radical (unpaired) electrons. The summed E-state index contributed by atoms with van der Waals surface area (Å²) in [4.78, 5) is 14.2. The van der Waals surface area contributed by atoms with Crippen LogP contribution in [0.25, 0.3) is 0 Å². The van der Waals surface area contributed by atoms with Crippen molar-refractivity contribution in [3.05, 3.63) is 35.6 Å². The van der Waals surface area contributed by atoms with Gasteiger partial charge in [0.2, 0.25) is 0 Å². The maximum absolute atomic E-state index is 12.7. The van der Waals surface area contributed by atoms with Gasteiger partial charge in [0.1, 0.15) is 5.82 Å². The molecule has 17 heavy (non-hydrogen) atoms. The molecule has 0 saturated carbocycles. The second kappa shape index (κ2) is 6.17. The number of thioether (sulfide) groups is 1. The minimum Gasteiger partial charge on any atom is -0.301 e. The highest BCUT2D eigenvalue weighted by Gasteiger charge is 2.12. The highest BCUT2D eigenvalue weighted by molar-refractivity contribution is 7.99. The number of rotatable bonds is 4. The van der Waals surface area contributed by atoms with E-state index in [2.05, 4.69) is 4.90 Å². The number of hydrogen-bond donors (Lipinski definition) is 0. The minimum absolute atomic E-state index is 0.100. The van der Waals surface area contributed by atoms with Gasteiger partial charge in [0, 0.05) is 43.1 Å². The second-order valence-electron chi connectivity index (χ2n) is 4.13. The highest BCUT2D eigenvalue weighted by atomic mass is 32.2. The van der Waals surface area contributed by atoms with Crippen molar-refractivity contribution in [3.8, 4) is 0 Å². The molecule has 0 aliphatic carbocycles. The number of carbonyl (C=O) groups is 1. The maximum Gasteiger partial charge on any atom is 0.164 e. The van der Waals surface area contributed by atoms with Crippen LogP contribution in [-0.2, 0) is 0 Å². The Kier molecular flexibility index (Phi) is 4.57. The lowest BCUT2D eigenvalue weighted by Crippen LogP contribution is -2.34. The first kappa shape index (κ1) is 12.6. The third-order valence-electron chi connectivity index (χ3n) is 2.92. The average molecular weight is 253 g/mol. The predicted octanol–water partition coefficient (Wildman–Crippen LogP) is 2.45. The van der Waals surface area contributed by atoms with E-state index in [1.54, 1.807) is 12.1 Å². The normalized spacial score (nSPS) is 17.0. The van der Waals surface area contributed by atoms with Gasteiger partial charge in [-0.25, -0.2) is 4.39 Å². The van der Waals surface area contributed by atoms with Crippen molar-refractivity contribution in [3.63, 3.8) is 0 Å². The van der Waals surface area contributed by atoms with E-state index in [1.807, 2.05) is 11.8 Å². The van der Waals surface area contributed by atoms with Crippen LogP contribution >= 0.6 is 11.8 Å². The van der Waals surface area contributed by atoms with E-state index >= 15 is 0 Å². The zero-order chi connectivity index (χ0) is 12.1. The van der Waals surface area contributed by atoms with Gasteiger partial charge in [-0.2, -0.15) is 11.8 Å². The summed E-state index contributed by atoms with van der Waals surface area (Å²) < 4.78 is 12.7. The number of benzene rings is 1. The molecule has 0 aromatic heterocycles. The van der Waals surface area contributed by atoms with Crippen molar-refractivity contribution in [1.29, 1.82) is 0 Å². The van der Waals surface area contributed by atoms with Crippen LogP contribution in [0.5, 0.6) is 0 Å². The van der Waals surface area contributed by atoms with E-state index in [0.717, 1.165) is 31.1 Å². The monoisotopic (exact) mass is 253 g/mol. The summed E-state index contributed by atoms with van der Waals surface area (Å²) in [7, 11) is 0. The van der Waals surface area contributed by atoms with Gasteiger partial charge in [0.25, 0.3) is 0 Å². The molecule has 2 rings (SSSR count). The smallest absolute Gasteiger partial charge is 0.164 e. The van der Waals surface area contributed by atoms with Crippen LogP contribution in [0.1, 0.15) is 16.8 Å². The van der Waals surface area contributed by atoms with E-state index in [-0.39, 0.29) is 11.6 Å². The van der Waals surface area contributed by atoms with Crippen LogP contribution in [-0.4, -0.2) is 41.8 Å². The molecule has 0 spiro atoms. The SMILES string of the molecule is O=C(CCN1CCSCC1)c1ccc(F)cc1. The van der Waals surface area contributed by atoms with Gasteiger partial charge in [-0.15, -0.1) is 0 Å². The van der Waals surface area contributed by atoms with E-state index in [4.69, 9.17) is 0 Å². The van der Waals surface area contributed by atoms with Gasteiger partial charge >= 0.3 is 0 Å². The Hall–Kier alpha value is -0.870. The summed E-state index contributed by atoms with van der Waals surface area (Å²) >= 11 is 1.96. The first-order valence-electron chi connectivity index (χ1n) is 5.84. The van der Waals surface area contributed by atoms with Gasteiger partial charge in [-0.1, -0.05) is 0 Å². The van der Waals surface area contributed by atoms with Crippen molar-refractivity contribution >= 4 is 17.5 Å². The van der Waals surface area contributed by atoms with Crippen LogP contribution in [0.3, 0.4) is 0 Å². The van der Waals surface area contributed by atoms with Crippen LogP contribution in [0, 0.1) is 5.82 Å². The molecule has 0 bridgehead atoms. The van der Waals surface area contributed by atoms with Crippen LogP contribution < -0.4 is 0 Å². The molecule has 1 saturated heterocycles. The van der Waals surface area contributed by atoms with E-state index in [9.17, 15) is 9.18 Å². The molecule has 0 N–H and O–H groups in total. The highest BCUT2D eigenvalue weighted by Crippen LogP contribution is 2.11. The van der Waals surface area contributed by atoms with Gasteiger partial charge in [0.15, 0.2) is 5.78 Å². The van der Waals surface area contributed by atoms with Crippen LogP contribution in [0.15, 0.2) is 24.3 Å². The fraction of sp³-hybridized carbons (Fsp3) is 0.462.